The minimum atomic E-state index is -0.105. The summed E-state index contributed by atoms with van der Waals surface area (Å²) in [5.74, 6) is 0.165. The van der Waals surface area contributed by atoms with E-state index in [-0.39, 0.29) is 11.8 Å². The standard InChI is InChI=1S/C18H18N4O3/c19-12-14-3-5-15(6-4-14)20-17(23)13-21-7-9-22(10-8-21)18(24)16-2-1-11-25-16/h1-6,11H,7-10,13H2,(H,20,23)/p+1. The highest BCUT2D eigenvalue weighted by atomic mass is 16.3. The van der Waals surface area contributed by atoms with Crippen LogP contribution in [-0.4, -0.2) is 49.4 Å². The number of amides is 2. The summed E-state index contributed by atoms with van der Waals surface area (Å²) in [6.07, 6.45) is 1.49. The summed E-state index contributed by atoms with van der Waals surface area (Å²) >= 11 is 0. The van der Waals surface area contributed by atoms with Crippen LogP contribution in [0.5, 0.6) is 0 Å². The van der Waals surface area contributed by atoms with E-state index >= 15 is 0 Å². The topological polar surface area (TPSA) is 90.8 Å². The Kier molecular flexibility index (Phi) is 5.11. The van der Waals surface area contributed by atoms with Crippen molar-refractivity contribution in [3.8, 4) is 6.07 Å². The molecule has 1 aliphatic heterocycles. The lowest BCUT2D eigenvalue weighted by molar-refractivity contribution is -0.895. The highest BCUT2D eigenvalue weighted by Gasteiger charge is 2.27. The van der Waals surface area contributed by atoms with Crippen LogP contribution in [0.4, 0.5) is 5.69 Å². The second-order valence-corrected chi connectivity index (χ2v) is 5.93. The lowest BCUT2D eigenvalue weighted by Gasteiger charge is -2.31. The predicted octanol–water partition coefficient (Wildman–Crippen LogP) is 0.131. The number of hydrogen-bond acceptors (Lipinski definition) is 4. The van der Waals surface area contributed by atoms with Crippen molar-refractivity contribution in [1.82, 2.24) is 4.90 Å². The Morgan fingerprint density at radius 3 is 2.52 bits per heavy atom. The van der Waals surface area contributed by atoms with Gasteiger partial charge in [-0.05, 0) is 36.4 Å². The first-order valence-electron chi connectivity index (χ1n) is 8.12. The van der Waals surface area contributed by atoms with E-state index in [0.717, 1.165) is 4.90 Å². The van der Waals surface area contributed by atoms with Gasteiger partial charge >= 0.3 is 0 Å². The first-order valence-corrected chi connectivity index (χ1v) is 8.12. The zero-order chi connectivity index (χ0) is 17.6. The Morgan fingerprint density at radius 1 is 1.20 bits per heavy atom. The van der Waals surface area contributed by atoms with Gasteiger partial charge in [-0.1, -0.05) is 0 Å². The lowest BCUT2D eigenvalue weighted by atomic mass is 10.2. The maximum Gasteiger partial charge on any atom is 0.289 e. The number of nitrogens with one attached hydrogen (secondary N) is 2. The van der Waals surface area contributed by atoms with Gasteiger partial charge in [0, 0.05) is 5.69 Å². The minimum Gasteiger partial charge on any atom is -0.459 e. The summed E-state index contributed by atoms with van der Waals surface area (Å²) in [7, 11) is 0. The van der Waals surface area contributed by atoms with Crippen molar-refractivity contribution in [3.63, 3.8) is 0 Å². The van der Waals surface area contributed by atoms with Crippen molar-refractivity contribution in [3.05, 3.63) is 54.0 Å². The molecule has 0 spiro atoms. The van der Waals surface area contributed by atoms with Crippen molar-refractivity contribution >= 4 is 17.5 Å². The molecule has 0 unspecified atom stereocenters. The fraction of sp³-hybridized carbons (Fsp3) is 0.278. The van der Waals surface area contributed by atoms with E-state index in [1.807, 2.05) is 6.07 Å². The zero-order valence-electron chi connectivity index (χ0n) is 13.7. The Morgan fingerprint density at radius 2 is 1.92 bits per heavy atom. The van der Waals surface area contributed by atoms with Gasteiger partial charge in [-0.2, -0.15) is 5.26 Å². The molecule has 0 bridgehead atoms. The number of rotatable bonds is 4. The molecule has 1 aromatic heterocycles. The molecule has 2 aromatic rings. The summed E-state index contributed by atoms with van der Waals surface area (Å²) in [6.45, 7) is 2.97. The van der Waals surface area contributed by atoms with E-state index in [4.69, 9.17) is 9.68 Å². The Hall–Kier alpha value is -3.11. The number of furan rings is 1. The number of anilines is 1. The van der Waals surface area contributed by atoms with Crippen LogP contribution in [0.2, 0.25) is 0 Å². The summed E-state index contributed by atoms with van der Waals surface area (Å²) in [5.41, 5.74) is 1.23. The monoisotopic (exact) mass is 339 g/mol. The van der Waals surface area contributed by atoms with Gasteiger partial charge in [0.1, 0.15) is 0 Å². The zero-order valence-corrected chi connectivity index (χ0v) is 13.7. The van der Waals surface area contributed by atoms with Crippen LogP contribution in [-0.2, 0) is 4.79 Å². The number of benzene rings is 1. The fourth-order valence-corrected chi connectivity index (χ4v) is 2.82. The molecule has 128 valence electrons. The minimum absolute atomic E-state index is 0.0782. The van der Waals surface area contributed by atoms with E-state index in [1.165, 1.54) is 6.26 Å². The maximum atomic E-state index is 12.2. The molecule has 1 saturated heterocycles. The van der Waals surface area contributed by atoms with E-state index in [0.29, 0.717) is 49.7 Å². The lowest BCUT2D eigenvalue weighted by Crippen LogP contribution is -3.15. The van der Waals surface area contributed by atoms with Gasteiger partial charge in [0.15, 0.2) is 12.3 Å². The second-order valence-electron chi connectivity index (χ2n) is 5.93. The molecule has 7 nitrogen and oxygen atoms in total. The molecule has 0 aliphatic carbocycles. The number of nitrogens with zero attached hydrogens (tertiary/aromatic N) is 2. The van der Waals surface area contributed by atoms with Gasteiger partial charge in [-0.3, -0.25) is 9.59 Å². The molecule has 2 N–H and O–H groups in total. The van der Waals surface area contributed by atoms with Gasteiger partial charge in [-0.25, -0.2) is 0 Å². The largest absolute Gasteiger partial charge is 0.459 e. The van der Waals surface area contributed by atoms with Crippen LogP contribution in [0.3, 0.4) is 0 Å². The number of nitriles is 1. The van der Waals surface area contributed by atoms with Crippen LogP contribution in [0, 0.1) is 11.3 Å². The molecule has 1 fully saturated rings. The SMILES string of the molecule is N#Cc1ccc(NC(=O)C[NH+]2CCN(C(=O)c3ccco3)CC2)cc1. The van der Waals surface area contributed by atoms with Gasteiger partial charge in [0.05, 0.1) is 44.1 Å². The Balaban J connectivity index is 1.46. The molecular formula is C18H19N4O3+. The van der Waals surface area contributed by atoms with Crippen LogP contribution in [0.15, 0.2) is 47.1 Å². The Bertz CT molecular complexity index is 770. The van der Waals surface area contributed by atoms with Gasteiger partial charge < -0.3 is 19.5 Å². The van der Waals surface area contributed by atoms with Crippen molar-refractivity contribution in [1.29, 1.82) is 5.26 Å². The first kappa shape index (κ1) is 16.7. The third kappa shape index (κ3) is 4.25. The first-order chi connectivity index (χ1) is 12.2. The number of carbonyl (C=O) groups excluding carboxylic acids is 2. The van der Waals surface area contributed by atoms with E-state index in [2.05, 4.69) is 5.32 Å². The average molecular weight is 339 g/mol. The molecule has 2 heterocycles. The summed E-state index contributed by atoms with van der Waals surface area (Å²) in [5, 5.41) is 11.6. The maximum absolute atomic E-state index is 12.2. The van der Waals surface area contributed by atoms with Crippen LogP contribution < -0.4 is 10.2 Å². The van der Waals surface area contributed by atoms with Crippen molar-refractivity contribution in [2.45, 2.75) is 0 Å². The number of hydrogen-bond donors (Lipinski definition) is 2. The quantitative estimate of drug-likeness (QED) is 0.828. The van der Waals surface area contributed by atoms with E-state index in [9.17, 15) is 9.59 Å². The predicted molar refractivity (Wildman–Crippen MR) is 90.0 cm³/mol. The van der Waals surface area contributed by atoms with Crippen molar-refractivity contribution in [2.75, 3.05) is 38.0 Å². The molecule has 3 rings (SSSR count). The van der Waals surface area contributed by atoms with Crippen LogP contribution in [0.1, 0.15) is 16.1 Å². The van der Waals surface area contributed by atoms with Gasteiger partial charge in [0.2, 0.25) is 0 Å². The third-order valence-corrected chi connectivity index (χ3v) is 4.20. The van der Waals surface area contributed by atoms with Crippen molar-refractivity contribution in [2.24, 2.45) is 0 Å². The highest BCUT2D eigenvalue weighted by molar-refractivity contribution is 5.92. The average Bonchev–Trinajstić information content (AvgIpc) is 3.17. The van der Waals surface area contributed by atoms with Crippen molar-refractivity contribution < 1.29 is 18.9 Å². The fourth-order valence-electron chi connectivity index (χ4n) is 2.82. The smallest absolute Gasteiger partial charge is 0.289 e. The molecule has 25 heavy (non-hydrogen) atoms. The molecule has 1 aliphatic rings. The molecule has 0 saturated carbocycles. The summed E-state index contributed by atoms with van der Waals surface area (Å²) in [6, 6.07) is 12.2. The van der Waals surface area contributed by atoms with E-state index in [1.54, 1.807) is 41.3 Å². The highest BCUT2D eigenvalue weighted by Crippen LogP contribution is 2.08. The number of carbonyl (C=O) groups is 2. The van der Waals surface area contributed by atoms with Gasteiger partial charge in [-0.15, -0.1) is 0 Å². The summed E-state index contributed by atoms with van der Waals surface area (Å²) in [4.78, 5) is 27.2. The molecule has 7 heteroatoms. The van der Waals surface area contributed by atoms with Crippen LogP contribution in [0.25, 0.3) is 0 Å². The van der Waals surface area contributed by atoms with E-state index < -0.39 is 0 Å². The molecule has 0 atom stereocenters. The number of piperazine rings is 1. The molecular weight excluding hydrogens is 320 g/mol. The molecule has 2 amide bonds. The van der Waals surface area contributed by atoms with Crippen LogP contribution >= 0.6 is 0 Å². The Labute approximate surface area is 145 Å². The second kappa shape index (κ2) is 7.64. The van der Waals surface area contributed by atoms with Gasteiger partial charge in [0.25, 0.3) is 11.8 Å². The molecule has 1 aromatic carbocycles. The third-order valence-electron chi connectivity index (χ3n) is 4.20. The normalized spacial score (nSPS) is 14.8. The molecule has 0 radical (unpaired) electrons. The summed E-state index contributed by atoms with van der Waals surface area (Å²) < 4.78 is 5.14. The number of quaternary nitrogens is 1.